The van der Waals surface area contributed by atoms with Crippen LogP contribution in [-0.4, -0.2) is 28.8 Å². The van der Waals surface area contributed by atoms with Gasteiger partial charge in [-0.3, -0.25) is 0 Å². The number of aromatic nitrogens is 2. The highest BCUT2D eigenvalue weighted by atomic mass is 35.5. The fraction of sp³-hybridized carbons (Fsp3) is 0.214. The second-order valence-electron chi connectivity index (χ2n) is 3.81. The lowest BCUT2D eigenvalue weighted by molar-refractivity contribution is 0.0521. The minimum absolute atomic E-state index is 0.113. The van der Waals surface area contributed by atoms with Gasteiger partial charge in [-0.15, -0.1) is 11.8 Å². The number of benzene rings is 1. The van der Waals surface area contributed by atoms with Crippen molar-refractivity contribution in [1.29, 1.82) is 0 Å². The predicted octanol–water partition coefficient (Wildman–Crippen LogP) is 3.70. The second kappa shape index (κ2) is 6.72. The third-order valence-corrected chi connectivity index (χ3v) is 3.49. The Balaban J connectivity index is 2.51. The van der Waals surface area contributed by atoms with Gasteiger partial charge in [0.2, 0.25) is 0 Å². The number of hydrogen-bond acceptors (Lipinski definition) is 5. The summed E-state index contributed by atoms with van der Waals surface area (Å²) in [6.07, 6.45) is 1.83. The first-order valence-electron chi connectivity index (χ1n) is 6.01. The van der Waals surface area contributed by atoms with Crippen LogP contribution in [0.5, 0.6) is 0 Å². The first-order chi connectivity index (χ1) is 9.67. The van der Waals surface area contributed by atoms with E-state index in [1.165, 1.54) is 11.8 Å². The van der Waals surface area contributed by atoms with E-state index in [9.17, 15) is 4.79 Å². The highest BCUT2D eigenvalue weighted by molar-refractivity contribution is 7.98. The summed E-state index contributed by atoms with van der Waals surface area (Å²) in [6, 6.07) is 9.47. The van der Waals surface area contributed by atoms with Crippen LogP contribution >= 0.6 is 23.4 Å². The molecule has 0 radical (unpaired) electrons. The molecule has 4 nitrogen and oxygen atoms in total. The number of halogens is 1. The molecule has 2 aromatic rings. The van der Waals surface area contributed by atoms with Gasteiger partial charge in [-0.05, 0) is 13.2 Å². The molecule has 1 aromatic carbocycles. The van der Waals surface area contributed by atoms with Crippen LogP contribution in [-0.2, 0) is 4.74 Å². The molecule has 0 saturated heterocycles. The van der Waals surface area contributed by atoms with Gasteiger partial charge in [-0.2, -0.15) is 0 Å². The third-order valence-electron chi connectivity index (χ3n) is 2.54. The Morgan fingerprint density at radius 1 is 1.30 bits per heavy atom. The molecule has 0 spiro atoms. The van der Waals surface area contributed by atoms with E-state index in [0.29, 0.717) is 10.9 Å². The van der Waals surface area contributed by atoms with Gasteiger partial charge >= 0.3 is 5.97 Å². The van der Waals surface area contributed by atoms with Crippen molar-refractivity contribution >= 4 is 29.3 Å². The number of carbonyl (C=O) groups excluding carboxylic acids is 1. The summed E-state index contributed by atoms with van der Waals surface area (Å²) in [5, 5.41) is 0.629. The monoisotopic (exact) mass is 308 g/mol. The van der Waals surface area contributed by atoms with Crippen molar-refractivity contribution in [3.05, 3.63) is 41.0 Å². The molecule has 0 bridgehead atoms. The van der Waals surface area contributed by atoms with Crippen molar-refractivity contribution in [2.75, 3.05) is 12.9 Å². The fourth-order valence-electron chi connectivity index (χ4n) is 1.65. The largest absolute Gasteiger partial charge is 0.462 e. The molecule has 20 heavy (non-hydrogen) atoms. The van der Waals surface area contributed by atoms with Crippen LogP contribution in [0.15, 0.2) is 35.4 Å². The zero-order chi connectivity index (χ0) is 14.5. The average Bonchev–Trinajstić information content (AvgIpc) is 2.47. The van der Waals surface area contributed by atoms with Crippen molar-refractivity contribution in [3.8, 4) is 11.4 Å². The van der Waals surface area contributed by atoms with E-state index in [1.54, 1.807) is 6.92 Å². The summed E-state index contributed by atoms with van der Waals surface area (Å²) in [6.45, 7) is 2.02. The lowest BCUT2D eigenvalue weighted by atomic mass is 10.2. The van der Waals surface area contributed by atoms with Crippen LogP contribution in [0.25, 0.3) is 11.4 Å². The van der Waals surface area contributed by atoms with Gasteiger partial charge in [-0.25, -0.2) is 14.8 Å². The summed E-state index contributed by atoms with van der Waals surface area (Å²) in [5.74, 6) is -0.00513. The van der Waals surface area contributed by atoms with Gasteiger partial charge < -0.3 is 4.74 Å². The molecule has 1 heterocycles. The maximum atomic E-state index is 11.9. The number of nitrogens with zero attached hydrogens (tertiary/aromatic N) is 2. The van der Waals surface area contributed by atoms with Gasteiger partial charge in [0.1, 0.15) is 15.7 Å². The van der Waals surface area contributed by atoms with Gasteiger partial charge in [-0.1, -0.05) is 41.9 Å². The molecule has 0 saturated carbocycles. The molecular formula is C14H13ClN2O2S. The van der Waals surface area contributed by atoms with Crippen molar-refractivity contribution in [2.45, 2.75) is 11.9 Å². The van der Waals surface area contributed by atoms with Crippen molar-refractivity contribution in [1.82, 2.24) is 9.97 Å². The molecule has 2 rings (SSSR count). The minimum Gasteiger partial charge on any atom is -0.462 e. The maximum Gasteiger partial charge on any atom is 0.344 e. The lowest BCUT2D eigenvalue weighted by Gasteiger charge is -2.09. The summed E-state index contributed by atoms with van der Waals surface area (Å²) in [5.41, 5.74) is 1.07. The lowest BCUT2D eigenvalue weighted by Crippen LogP contribution is -2.10. The van der Waals surface area contributed by atoms with E-state index in [2.05, 4.69) is 9.97 Å². The normalized spacial score (nSPS) is 10.3. The molecule has 0 aliphatic rings. The topological polar surface area (TPSA) is 52.1 Å². The molecule has 0 aliphatic heterocycles. The Labute approximate surface area is 126 Å². The number of rotatable bonds is 4. The van der Waals surface area contributed by atoms with E-state index < -0.39 is 5.97 Å². The summed E-state index contributed by atoms with van der Waals surface area (Å²) in [7, 11) is 0. The number of hydrogen-bond donors (Lipinski definition) is 0. The van der Waals surface area contributed by atoms with Crippen molar-refractivity contribution < 1.29 is 9.53 Å². The Morgan fingerprint density at radius 3 is 2.60 bits per heavy atom. The van der Waals surface area contributed by atoms with E-state index in [0.717, 1.165) is 5.56 Å². The van der Waals surface area contributed by atoms with Crippen LogP contribution in [0.2, 0.25) is 5.15 Å². The third kappa shape index (κ3) is 3.11. The Kier molecular flexibility index (Phi) is 4.98. The van der Waals surface area contributed by atoms with E-state index in [1.807, 2.05) is 36.6 Å². The number of ether oxygens (including phenoxy) is 1. The zero-order valence-electron chi connectivity index (χ0n) is 11.1. The Hall–Kier alpha value is -1.59. The van der Waals surface area contributed by atoms with Crippen molar-refractivity contribution in [2.24, 2.45) is 0 Å². The quantitative estimate of drug-likeness (QED) is 0.490. The molecule has 0 fully saturated rings. The molecule has 0 unspecified atom stereocenters. The van der Waals surface area contributed by atoms with E-state index in [-0.39, 0.29) is 17.3 Å². The van der Waals surface area contributed by atoms with Crippen LogP contribution in [0.4, 0.5) is 0 Å². The van der Waals surface area contributed by atoms with Crippen LogP contribution < -0.4 is 0 Å². The molecular weight excluding hydrogens is 296 g/mol. The minimum atomic E-state index is -0.499. The summed E-state index contributed by atoms with van der Waals surface area (Å²) in [4.78, 5) is 20.5. The van der Waals surface area contributed by atoms with Gasteiger partial charge in [0.05, 0.1) is 6.61 Å². The smallest absolute Gasteiger partial charge is 0.344 e. The van der Waals surface area contributed by atoms with Crippen LogP contribution in [0.3, 0.4) is 0 Å². The molecule has 0 amide bonds. The summed E-state index contributed by atoms with van der Waals surface area (Å²) < 4.78 is 4.98. The van der Waals surface area contributed by atoms with Crippen molar-refractivity contribution in [3.63, 3.8) is 0 Å². The molecule has 0 N–H and O–H groups in total. The molecule has 0 atom stereocenters. The second-order valence-corrected chi connectivity index (χ2v) is 4.96. The first kappa shape index (κ1) is 14.8. The molecule has 6 heteroatoms. The van der Waals surface area contributed by atoms with Gasteiger partial charge in [0.15, 0.2) is 5.82 Å². The fourth-order valence-corrected chi connectivity index (χ4v) is 2.52. The van der Waals surface area contributed by atoms with E-state index >= 15 is 0 Å². The van der Waals surface area contributed by atoms with Crippen LogP contribution in [0, 0.1) is 0 Å². The standard InChI is InChI=1S/C14H13ClN2O2S/c1-3-19-14(18)10-11(15)16-12(17-13(10)20-2)9-7-5-4-6-8-9/h4-8H,3H2,1-2H3. The SMILES string of the molecule is CCOC(=O)c1c(Cl)nc(-c2ccccc2)nc1SC. The summed E-state index contributed by atoms with van der Waals surface area (Å²) >= 11 is 7.46. The zero-order valence-corrected chi connectivity index (χ0v) is 12.7. The molecule has 1 aromatic heterocycles. The number of carbonyl (C=O) groups is 1. The Bertz CT molecular complexity index is 620. The van der Waals surface area contributed by atoms with E-state index in [4.69, 9.17) is 16.3 Å². The first-order valence-corrected chi connectivity index (χ1v) is 7.61. The Morgan fingerprint density at radius 2 is 2.00 bits per heavy atom. The molecule has 104 valence electrons. The van der Waals surface area contributed by atoms with Gasteiger partial charge in [0.25, 0.3) is 0 Å². The number of thioether (sulfide) groups is 1. The highest BCUT2D eigenvalue weighted by Gasteiger charge is 2.21. The predicted molar refractivity (Wildman–Crippen MR) is 80.2 cm³/mol. The van der Waals surface area contributed by atoms with Crippen LogP contribution in [0.1, 0.15) is 17.3 Å². The highest BCUT2D eigenvalue weighted by Crippen LogP contribution is 2.28. The molecule has 0 aliphatic carbocycles. The van der Waals surface area contributed by atoms with Gasteiger partial charge in [0, 0.05) is 5.56 Å². The number of esters is 1. The average molecular weight is 309 g/mol. The maximum absolute atomic E-state index is 11.9.